The molecule has 3 aliphatic heterocycles. The van der Waals surface area contributed by atoms with Crippen molar-refractivity contribution in [2.24, 2.45) is 0 Å². The van der Waals surface area contributed by atoms with Gasteiger partial charge in [0.25, 0.3) is 0 Å². The zero-order valence-electron chi connectivity index (χ0n) is 17.5. The molecule has 0 aromatic carbocycles. The first kappa shape index (κ1) is 19.1. The lowest BCUT2D eigenvalue weighted by molar-refractivity contribution is 0.285. The SMILES string of the molecule is CCC1=Cc2ncc(CN3CC=C(C4=CC=CN(C5CC5)C4)CC3)cc2NC1=C=O. The van der Waals surface area contributed by atoms with E-state index < -0.39 is 0 Å². The molecule has 4 aliphatic rings. The quantitative estimate of drug-likeness (QED) is 0.755. The van der Waals surface area contributed by atoms with E-state index in [1.807, 2.05) is 25.1 Å². The largest absolute Gasteiger partial charge is 0.370 e. The molecule has 4 heterocycles. The van der Waals surface area contributed by atoms with Gasteiger partial charge in [-0.05, 0) is 72.4 Å². The molecule has 0 atom stereocenters. The maximum Gasteiger partial charge on any atom is 0.150 e. The number of pyridine rings is 1. The predicted octanol–water partition coefficient (Wildman–Crippen LogP) is 4.07. The van der Waals surface area contributed by atoms with Gasteiger partial charge in [-0.25, -0.2) is 4.79 Å². The van der Waals surface area contributed by atoms with Gasteiger partial charge in [-0.1, -0.05) is 19.1 Å². The normalized spacial score (nSPS) is 21.3. The van der Waals surface area contributed by atoms with Gasteiger partial charge in [0, 0.05) is 38.4 Å². The summed E-state index contributed by atoms with van der Waals surface area (Å²) in [5.41, 5.74) is 7.43. The van der Waals surface area contributed by atoms with E-state index in [2.05, 4.69) is 50.6 Å². The minimum atomic E-state index is 0.532. The van der Waals surface area contributed by atoms with Gasteiger partial charge < -0.3 is 10.2 Å². The molecule has 1 aromatic rings. The van der Waals surface area contributed by atoms with E-state index in [0.717, 1.165) is 67.6 Å². The third-order valence-electron chi connectivity index (χ3n) is 6.41. The number of aromatic nitrogens is 1. The molecular weight excluding hydrogens is 372 g/mol. The van der Waals surface area contributed by atoms with E-state index in [9.17, 15) is 4.79 Å². The second-order valence-electron chi connectivity index (χ2n) is 8.55. The van der Waals surface area contributed by atoms with Crippen molar-refractivity contribution in [3.63, 3.8) is 0 Å². The molecule has 0 amide bonds. The topological polar surface area (TPSA) is 48.5 Å². The van der Waals surface area contributed by atoms with Crippen LogP contribution in [0.15, 0.2) is 59.1 Å². The molecule has 5 heteroatoms. The number of nitrogens with one attached hydrogen (secondary N) is 1. The molecule has 1 saturated carbocycles. The fraction of sp³-hybridized carbons (Fsp3) is 0.400. The molecule has 1 aliphatic carbocycles. The van der Waals surface area contributed by atoms with Crippen LogP contribution >= 0.6 is 0 Å². The number of carbonyl (C=O) groups excluding carboxylic acids is 1. The van der Waals surface area contributed by atoms with E-state index in [4.69, 9.17) is 0 Å². The van der Waals surface area contributed by atoms with Crippen LogP contribution in [0.1, 0.15) is 43.9 Å². The van der Waals surface area contributed by atoms with Gasteiger partial charge in [0.15, 0.2) is 5.94 Å². The molecule has 0 unspecified atom stereocenters. The molecule has 0 bridgehead atoms. The van der Waals surface area contributed by atoms with Crippen LogP contribution in [-0.2, 0) is 11.3 Å². The van der Waals surface area contributed by atoms with E-state index in [0.29, 0.717) is 5.70 Å². The highest BCUT2D eigenvalue weighted by atomic mass is 16.1. The summed E-state index contributed by atoms with van der Waals surface area (Å²) in [5.74, 6) is 2.02. The van der Waals surface area contributed by atoms with Crippen LogP contribution in [0.4, 0.5) is 5.69 Å². The highest BCUT2D eigenvalue weighted by molar-refractivity contribution is 5.82. The van der Waals surface area contributed by atoms with Crippen LogP contribution in [-0.4, -0.2) is 46.4 Å². The molecule has 1 fully saturated rings. The van der Waals surface area contributed by atoms with E-state index >= 15 is 0 Å². The number of hydrogen-bond acceptors (Lipinski definition) is 5. The second kappa shape index (κ2) is 8.10. The van der Waals surface area contributed by atoms with E-state index in [-0.39, 0.29) is 0 Å². The first-order chi connectivity index (χ1) is 14.7. The fourth-order valence-corrected chi connectivity index (χ4v) is 4.48. The number of rotatable bonds is 5. The third-order valence-corrected chi connectivity index (χ3v) is 6.41. The monoisotopic (exact) mass is 400 g/mol. The van der Waals surface area contributed by atoms with Crippen molar-refractivity contribution in [2.45, 2.75) is 45.2 Å². The average molecular weight is 401 g/mol. The predicted molar refractivity (Wildman–Crippen MR) is 120 cm³/mol. The zero-order valence-corrected chi connectivity index (χ0v) is 17.5. The number of allylic oxidation sites excluding steroid dienone is 3. The Labute approximate surface area is 178 Å². The van der Waals surface area contributed by atoms with Crippen molar-refractivity contribution in [1.29, 1.82) is 0 Å². The van der Waals surface area contributed by atoms with E-state index in [1.54, 1.807) is 0 Å². The Morgan fingerprint density at radius 1 is 1.30 bits per heavy atom. The Morgan fingerprint density at radius 3 is 2.93 bits per heavy atom. The van der Waals surface area contributed by atoms with Crippen LogP contribution in [0.3, 0.4) is 0 Å². The first-order valence-electron chi connectivity index (χ1n) is 11.0. The summed E-state index contributed by atoms with van der Waals surface area (Å²) in [6, 6.07) is 2.89. The Morgan fingerprint density at radius 2 is 2.20 bits per heavy atom. The Balaban J connectivity index is 1.24. The lowest BCUT2D eigenvalue weighted by Gasteiger charge is -2.30. The van der Waals surface area contributed by atoms with Crippen molar-refractivity contribution in [3.05, 3.63) is 70.4 Å². The summed E-state index contributed by atoms with van der Waals surface area (Å²) in [7, 11) is 0. The van der Waals surface area contributed by atoms with Gasteiger partial charge in [0.1, 0.15) is 5.70 Å². The van der Waals surface area contributed by atoms with Crippen LogP contribution in [0, 0.1) is 0 Å². The van der Waals surface area contributed by atoms with Gasteiger partial charge in [-0.15, -0.1) is 0 Å². The molecule has 5 nitrogen and oxygen atoms in total. The average Bonchev–Trinajstić information content (AvgIpc) is 3.64. The summed E-state index contributed by atoms with van der Waals surface area (Å²) < 4.78 is 0. The molecule has 1 N–H and O–H groups in total. The lowest BCUT2D eigenvalue weighted by atomic mass is 9.97. The minimum absolute atomic E-state index is 0.532. The van der Waals surface area contributed by atoms with Crippen molar-refractivity contribution >= 4 is 17.7 Å². The lowest BCUT2D eigenvalue weighted by Crippen LogP contribution is -2.31. The van der Waals surface area contributed by atoms with E-state index in [1.165, 1.54) is 24.0 Å². The number of hydrogen-bond donors (Lipinski definition) is 1. The van der Waals surface area contributed by atoms with Crippen molar-refractivity contribution in [2.75, 3.05) is 25.0 Å². The molecule has 154 valence electrons. The molecule has 0 saturated heterocycles. The summed E-state index contributed by atoms with van der Waals surface area (Å²) in [6.45, 7) is 5.98. The maximum absolute atomic E-state index is 11.3. The summed E-state index contributed by atoms with van der Waals surface area (Å²) in [5, 5.41) is 3.21. The van der Waals surface area contributed by atoms with Crippen molar-refractivity contribution in [3.8, 4) is 0 Å². The highest BCUT2D eigenvalue weighted by Gasteiger charge is 2.29. The third kappa shape index (κ3) is 3.91. The number of fused-ring (bicyclic) bond motifs is 1. The van der Waals surface area contributed by atoms with Gasteiger partial charge in [0.05, 0.1) is 11.4 Å². The Kier molecular flexibility index (Phi) is 5.16. The molecule has 0 radical (unpaired) electrons. The minimum Gasteiger partial charge on any atom is -0.370 e. The Hall–Kier alpha value is -2.88. The van der Waals surface area contributed by atoms with Gasteiger partial charge in [-0.3, -0.25) is 9.88 Å². The second-order valence-corrected chi connectivity index (χ2v) is 8.55. The van der Waals surface area contributed by atoms with Gasteiger partial charge >= 0.3 is 0 Å². The van der Waals surface area contributed by atoms with Crippen molar-refractivity contribution < 1.29 is 4.79 Å². The molecule has 30 heavy (non-hydrogen) atoms. The van der Waals surface area contributed by atoms with Crippen molar-refractivity contribution in [1.82, 2.24) is 14.8 Å². The molecule has 0 spiro atoms. The van der Waals surface area contributed by atoms with Gasteiger partial charge in [0.2, 0.25) is 0 Å². The summed E-state index contributed by atoms with van der Waals surface area (Å²) >= 11 is 0. The first-order valence-corrected chi connectivity index (χ1v) is 11.0. The summed E-state index contributed by atoms with van der Waals surface area (Å²) in [6.07, 6.45) is 17.6. The maximum atomic E-state index is 11.3. The summed E-state index contributed by atoms with van der Waals surface area (Å²) in [4.78, 5) is 20.8. The zero-order chi connectivity index (χ0) is 20.5. The van der Waals surface area contributed by atoms with Crippen LogP contribution in [0.5, 0.6) is 0 Å². The highest BCUT2D eigenvalue weighted by Crippen LogP contribution is 2.32. The van der Waals surface area contributed by atoms with Gasteiger partial charge in [-0.2, -0.15) is 0 Å². The number of nitrogens with zero attached hydrogens (tertiary/aromatic N) is 3. The standard InChI is InChI=1S/C25H28N4O/c1-2-19-13-23-24(27-25(19)17-30)12-18(14-26-23)15-28-10-7-20(8-11-28)21-4-3-9-29(16-21)22-5-6-22/h3-4,7,9,12-14,22,27H,2,5-6,8,10-11,15-16H2,1H3. The molecule has 5 rings (SSSR count). The van der Waals surface area contributed by atoms with Crippen LogP contribution < -0.4 is 5.32 Å². The molecular formula is C25H28N4O. The Bertz CT molecular complexity index is 1020. The number of anilines is 1. The smallest absolute Gasteiger partial charge is 0.150 e. The van der Waals surface area contributed by atoms with Crippen LogP contribution in [0.2, 0.25) is 0 Å². The fourth-order valence-electron chi connectivity index (χ4n) is 4.48. The van der Waals surface area contributed by atoms with Crippen LogP contribution in [0.25, 0.3) is 6.08 Å². The molecule has 1 aromatic heterocycles.